The molecule has 2 atom stereocenters. The molecular weight excluding hydrogens is 368 g/mol. The summed E-state index contributed by atoms with van der Waals surface area (Å²) in [6.07, 6.45) is 0.674. The van der Waals surface area contributed by atoms with E-state index in [1.807, 2.05) is 25.1 Å². The predicted octanol–water partition coefficient (Wildman–Crippen LogP) is 1.19. The highest BCUT2D eigenvalue weighted by molar-refractivity contribution is 5.85. The number of hydrogen-bond donors (Lipinski definition) is 1. The number of halogens is 1. The molecule has 2 aromatic heterocycles. The molecule has 0 spiro atoms. The van der Waals surface area contributed by atoms with Crippen molar-refractivity contribution in [3.8, 4) is 0 Å². The van der Waals surface area contributed by atoms with Gasteiger partial charge in [-0.15, -0.1) is 17.5 Å². The standard InChI is InChI=1S/C17H22N8O.ClH/c1-12-20-22-23-25(12)14(10-13-6-4-3-5-7-13)17-19-16(21-26-17)15-11-18-8-9-24(15)2;/h3-7,14-15,18H,8-11H2,1-2H3;1H. The second kappa shape index (κ2) is 8.55. The first kappa shape index (κ1) is 19.4. The molecule has 1 saturated heterocycles. The highest BCUT2D eigenvalue weighted by Gasteiger charge is 2.29. The number of benzene rings is 1. The van der Waals surface area contributed by atoms with E-state index in [9.17, 15) is 0 Å². The Hall–Kier alpha value is -2.36. The van der Waals surface area contributed by atoms with Crippen molar-refractivity contribution in [2.45, 2.75) is 25.4 Å². The summed E-state index contributed by atoms with van der Waals surface area (Å²) < 4.78 is 7.39. The van der Waals surface area contributed by atoms with Crippen LogP contribution in [0.3, 0.4) is 0 Å². The van der Waals surface area contributed by atoms with E-state index in [1.54, 1.807) is 4.68 Å². The molecule has 0 bridgehead atoms. The van der Waals surface area contributed by atoms with Gasteiger partial charge in [0.05, 0.1) is 6.04 Å². The number of nitrogens with zero attached hydrogens (tertiary/aromatic N) is 7. The summed E-state index contributed by atoms with van der Waals surface area (Å²) in [5.41, 5.74) is 1.16. The molecule has 9 nitrogen and oxygen atoms in total. The summed E-state index contributed by atoms with van der Waals surface area (Å²) in [5, 5.41) is 19.5. The smallest absolute Gasteiger partial charge is 0.252 e. The van der Waals surface area contributed by atoms with Gasteiger partial charge < -0.3 is 9.84 Å². The molecule has 0 amide bonds. The number of nitrogens with one attached hydrogen (secondary N) is 1. The number of likely N-dealkylation sites (N-methyl/N-ethyl adjacent to an activating group) is 1. The Morgan fingerprint density at radius 3 is 2.81 bits per heavy atom. The molecule has 3 aromatic rings. The third kappa shape index (κ3) is 4.15. The van der Waals surface area contributed by atoms with Crippen molar-refractivity contribution >= 4 is 12.4 Å². The molecule has 144 valence electrons. The van der Waals surface area contributed by atoms with Crippen LogP contribution in [0.25, 0.3) is 0 Å². The molecule has 1 aliphatic rings. The zero-order valence-electron chi connectivity index (χ0n) is 15.3. The van der Waals surface area contributed by atoms with Crippen LogP contribution in [-0.4, -0.2) is 61.9 Å². The Balaban J connectivity index is 0.00000210. The average molecular weight is 391 g/mol. The molecule has 3 heterocycles. The molecule has 0 saturated carbocycles. The van der Waals surface area contributed by atoms with Gasteiger partial charge in [0.15, 0.2) is 5.82 Å². The lowest BCUT2D eigenvalue weighted by Gasteiger charge is -2.30. The van der Waals surface area contributed by atoms with Crippen LogP contribution >= 0.6 is 12.4 Å². The lowest BCUT2D eigenvalue weighted by Crippen LogP contribution is -2.44. The van der Waals surface area contributed by atoms with Crippen molar-refractivity contribution in [3.63, 3.8) is 0 Å². The number of aryl methyl sites for hydroxylation is 1. The van der Waals surface area contributed by atoms with Crippen LogP contribution < -0.4 is 5.32 Å². The fraction of sp³-hybridized carbons (Fsp3) is 0.471. The molecule has 2 unspecified atom stereocenters. The van der Waals surface area contributed by atoms with Gasteiger partial charge in [0.1, 0.15) is 11.9 Å². The Morgan fingerprint density at radius 2 is 2.11 bits per heavy atom. The largest absolute Gasteiger partial charge is 0.337 e. The first-order chi connectivity index (χ1) is 12.7. The zero-order chi connectivity index (χ0) is 17.9. The quantitative estimate of drug-likeness (QED) is 0.693. The van der Waals surface area contributed by atoms with Gasteiger partial charge in [0, 0.05) is 26.1 Å². The van der Waals surface area contributed by atoms with Crippen LogP contribution in [0.4, 0.5) is 0 Å². The van der Waals surface area contributed by atoms with E-state index < -0.39 is 0 Å². The Bertz CT molecular complexity index is 852. The highest BCUT2D eigenvalue weighted by atomic mass is 35.5. The third-order valence-electron chi connectivity index (χ3n) is 4.78. The molecule has 4 rings (SSSR count). The van der Waals surface area contributed by atoms with E-state index in [1.165, 1.54) is 0 Å². The average Bonchev–Trinajstić information content (AvgIpc) is 3.30. The van der Waals surface area contributed by atoms with E-state index in [0.717, 1.165) is 25.2 Å². The van der Waals surface area contributed by atoms with Crippen molar-refractivity contribution in [2.75, 3.05) is 26.7 Å². The second-order valence-electron chi connectivity index (χ2n) is 6.57. The molecule has 10 heteroatoms. The third-order valence-corrected chi connectivity index (χ3v) is 4.78. The van der Waals surface area contributed by atoms with Gasteiger partial charge in [-0.05, 0) is 30.0 Å². The minimum atomic E-state index is -0.240. The fourth-order valence-electron chi connectivity index (χ4n) is 3.25. The summed E-state index contributed by atoms with van der Waals surface area (Å²) in [6, 6.07) is 10.0. The first-order valence-corrected chi connectivity index (χ1v) is 8.75. The molecule has 1 N–H and O–H groups in total. The van der Waals surface area contributed by atoms with E-state index in [4.69, 9.17) is 9.51 Å². The van der Waals surface area contributed by atoms with Crippen LogP contribution in [0.5, 0.6) is 0 Å². The topological polar surface area (TPSA) is 97.8 Å². The Labute approximate surface area is 163 Å². The Morgan fingerprint density at radius 1 is 1.30 bits per heavy atom. The predicted molar refractivity (Wildman–Crippen MR) is 101 cm³/mol. The van der Waals surface area contributed by atoms with Crippen molar-refractivity contribution in [1.29, 1.82) is 0 Å². The first-order valence-electron chi connectivity index (χ1n) is 8.75. The SMILES string of the molecule is Cc1nnnn1C(Cc1ccccc1)c1nc(C2CNCCN2C)no1.Cl. The molecule has 1 aromatic carbocycles. The van der Waals surface area contributed by atoms with Gasteiger partial charge in [-0.2, -0.15) is 4.98 Å². The van der Waals surface area contributed by atoms with Crippen LogP contribution in [0.2, 0.25) is 0 Å². The maximum absolute atomic E-state index is 5.65. The van der Waals surface area contributed by atoms with E-state index >= 15 is 0 Å². The lowest BCUT2D eigenvalue weighted by molar-refractivity contribution is 0.190. The van der Waals surface area contributed by atoms with Crippen LogP contribution in [0.1, 0.15) is 35.2 Å². The Kier molecular flexibility index (Phi) is 6.15. The van der Waals surface area contributed by atoms with Crippen molar-refractivity contribution in [2.24, 2.45) is 0 Å². The molecule has 0 aliphatic carbocycles. The van der Waals surface area contributed by atoms with Gasteiger partial charge in [-0.25, -0.2) is 4.68 Å². The summed E-state index contributed by atoms with van der Waals surface area (Å²) in [4.78, 5) is 6.94. The maximum atomic E-state index is 5.65. The minimum absolute atomic E-state index is 0. The summed E-state index contributed by atoms with van der Waals surface area (Å²) >= 11 is 0. The molecule has 1 aliphatic heterocycles. The van der Waals surface area contributed by atoms with Gasteiger partial charge in [-0.3, -0.25) is 4.90 Å². The van der Waals surface area contributed by atoms with Gasteiger partial charge in [0.25, 0.3) is 5.89 Å². The maximum Gasteiger partial charge on any atom is 0.252 e. The summed E-state index contributed by atoms with van der Waals surface area (Å²) in [7, 11) is 2.08. The minimum Gasteiger partial charge on any atom is -0.337 e. The van der Waals surface area contributed by atoms with E-state index in [0.29, 0.717) is 24.0 Å². The number of piperazine rings is 1. The number of hydrogen-bond acceptors (Lipinski definition) is 8. The molecule has 27 heavy (non-hydrogen) atoms. The molecule has 0 radical (unpaired) electrons. The summed E-state index contributed by atoms with van der Waals surface area (Å²) in [6.45, 7) is 4.60. The number of aromatic nitrogens is 6. The summed E-state index contributed by atoms with van der Waals surface area (Å²) in [5.74, 6) is 1.93. The van der Waals surface area contributed by atoms with Crippen LogP contribution in [-0.2, 0) is 6.42 Å². The van der Waals surface area contributed by atoms with Gasteiger partial charge >= 0.3 is 0 Å². The van der Waals surface area contributed by atoms with Crippen LogP contribution in [0, 0.1) is 6.92 Å². The van der Waals surface area contributed by atoms with E-state index in [-0.39, 0.29) is 24.5 Å². The molecular formula is C17H23ClN8O. The normalized spacial score (nSPS) is 18.8. The van der Waals surface area contributed by atoms with Gasteiger partial charge in [0.2, 0.25) is 0 Å². The second-order valence-corrected chi connectivity index (χ2v) is 6.57. The number of rotatable bonds is 5. The lowest BCUT2D eigenvalue weighted by atomic mass is 10.1. The van der Waals surface area contributed by atoms with Crippen LogP contribution in [0.15, 0.2) is 34.9 Å². The zero-order valence-corrected chi connectivity index (χ0v) is 16.1. The number of tetrazole rings is 1. The van der Waals surface area contributed by atoms with Crippen molar-refractivity contribution < 1.29 is 4.52 Å². The van der Waals surface area contributed by atoms with Crippen molar-refractivity contribution in [1.82, 2.24) is 40.6 Å². The van der Waals surface area contributed by atoms with Crippen molar-refractivity contribution in [3.05, 3.63) is 53.4 Å². The fourth-order valence-corrected chi connectivity index (χ4v) is 3.25. The van der Waals surface area contributed by atoms with Gasteiger partial charge in [-0.1, -0.05) is 35.5 Å². The highest BCUT2D eigenvalue weighted by Crippen LogP contribution is 2.25. The van der Waals surface area contributed by atoms with E-state index in [2.05, 4.69) is 50.1 Å². The monoisotopic (exact) mass is 390 g/mol. The molecule has 1 fully saturated rings.